The fourth-order valence-electron chi connectivity index (χ4n) is 2.82. The van der Waals surface area contributed by atoms with Gasteiger partial charge in [0, 0.05) is 29.3 Å². The maximum Gasteiger partial charge on any atom is 0.303 e. The zero-order chi connectivity index (χ0) is 18.7. The summed E-state index contributed by atoms with van der Waals surface area (Å²) in [4.78, 5) is 30.4. The predicted molar refractivity (Wildman–Crippen MR) is 104 cm³/mol. The number of thiophene rings is 1. The van der Waals surface area contributed by atoms with Gasteiger partial charge in [-0.3, -0.25) is 14.2 Å². The van der Waals surface area contributed by atoms with Crippen LogP contribution in [-0.2, 0) is 24.2 Å². The number of carboxylic acids is 1. The Morgan fingerprint density at radius 2 is 2.04 bits per heavy atom. The second-order valence-corrected chi connectivity index (χ2v) is 7.62. The molecule has 0 amide bonds. The van der Waals surface area contributed by atoms with Crippen LogP contribution in [0.1, 0.15) is 36.0 Å². The fraction of sp³-hybridized carbons (Fsp3) is 0.316. The van der Waals surface area contributed by atoms with Crippen molar-refractivity contribution >= 4 is 39.1 Å². The summed E-state index contributed by atoms with van der Waals surface area (Å²) in [7, 11) is 0. The molecule has 0 spiro atoms. The fourth-order valence-corrected chi connectivity index (χ4v) is 3.92. The Kier molecular flexibility index (Phi) is 5.74. The Labute approximate surface area is 159 Å². The van der Waals surface area contributed by atoms with E-state index in [0.29, 0.717) is 35.6 Å². The van der Waals surface area contributed by atoms with E-state index in [9.17, 15) is 9.59 Å². The first-order chi connectivity index (χ1) is 12.5. The summed E-state index contributed by atoms with van der Waals surface area (Å²) in [6.07, 6.45) is 1.76. The minimum atomic E-state index is -0.866. The average molecular weight is 391 g/mol. The number of aliphatic carboxylic acids is 1. The molecule has 0 unspecified atom stereocenters. The van der Waals surface area contributed by atoms with Crippen LogP contribution in [0.3, 0.4) is 0 Å². The summed E-state index contributed by atoms with van der Waals surface area (Å²) >= 11 is 7.48. The molecule has 1 aromatic carbocycles. The Morgan fingerprint density at radius 1 is 1.31 bits per heavy atom. The molecule has 3 aromatic rings. The number of rotatable bonds is 7. The van der Waals surface area contributed by atoms with Crippen LogP contribution in [0.5, 0.6) is 0 Å². The zero-order valence-corrected chi connectivity index (χ0v) is 15.9. The molecule has 0 atom stereocenters. The van der Waals surface area contributed by atoms with E-state index < -0.39 is 5.97 Å². The minimum Gasteiger partial charge on any atom is -0.481 e. The summed E-state index contributed by atoms with van der Waals surface area (Å²) < 4.78 is 1.62. The molecular formula is C19H19ClN2O3S. The minimum absolute atomic E-state index is 0.0225. The molecule has 26 heavy (non-hydrogen) atoms. The maximum absolute atomic E-state index is 13.0. The van der Waals surface area contributed by atoms with Gasteiger partial charge in [0.05, 0.1) is 5.39 Å². The van der Waals surface area contributed by atoms with Crippen molar-refractivity contribution in [3.63, 3.8) is 0 Å². The van der Waals surface area contributed by atoms with Crippen molar-refractivity contribution in [2.24, 2.45) is 0 Å². The number of halogens is 1. The average Bonchev–Trinajstić information content (AvgIpc) is 3.03. The van der Waals surface area contributed by atoms with E-state index in [0.717, 1.165) is 21.7 Å². The molecule has 2 aromatic heterocycles. The third kappa shape index (κ3) is 4.14. The van der Waals surface area contributed by atoms with Gasteiger partial charge in [-0.05, 0) is 36.6 Å². The highest BCUT2D eigenvalue weighted by Crippen LogP contribution is 2.23. The molecule has 2 heterocycles. The molecule has 7 heteroatoms. The Morgan fingerprint density at radius 3 is 2.69 bits per heavy atom. The molecule has 0 aliphatic heterocycles. The lowest BCUT2D eigenvalue weighted by molar-refractivity contribution is -0.137. The lowest BCUT2D eigenvalue weighted by Crippen LogP contribution is -2.25. The van der Waals surface area contributed by atoms with Gasteiger partial charge in [-0.15, -0.1) is 11.3 Å². The van der Waals surface area contributed by atoms with E-state index in [-0.39, 0.29) is 12.0 Å². The third-order valence-electron chi connectivity index (χ3n) is 4.18. The normalized spacial score (nSPS) is 11.2. The lowest BCUT2D eigenvalue weighted by atomic mass is 10.1. The van der Waals surface area contributed by atoms with Gasteiger partial charge in [0.15, 0.2) is 0 Å². The number of aryl methyl sites for hydroxylation is 1. The molecule has 0 aliphatic rings. The van der Waals surface area contributed by atoms with Crippen molar-refractivity contribution in [1.29, 1.82) is 0 Å². The highest BCUT2D eigenvalue weighted by atomic mass is 35.5. The van der Waals surface area contributed by atoms with Gasteiger partial charge in [0.25, 0.3) is 5.56 Å². The van der Waals surface area contributed by atoms with Crippen molar-refractivity contribution in [3.05, 3.63) is 62.0 Å². The maximum atomic E-state index is 13.0. The zero-order valence-electron chi connectivity index (χ0n) is 14.4. The smallest absolute Gasteiger partial charge is 0.303 e. The van der Waals surface area contributed by atoms with Crippen LogP contribution in [0.4, 0.5) is 0 Å². The van der Waals surface area contributed by atoms with Gasteiger partial charge >= 0.3 is 5.97 Å². The molecule has 0 radical (unpaired) electrons. The van der Waals surface area contributed by atoms with Crippen molar-refractivity contribution in [1.82, 2.24) is 9.55 Å². The highest BCUT2D eigenvalue weighted by Gasteiger charge is 2.14. The van der Waals surface area contributed by atoms with Crippen LogP contribution in [0.2, 0.25) is 5.02 Å². The number of carbonyl (C=O) groups is 1. The van der Waals surface area contributed by atoms with E-state index in [1.54, 1.807) is 4.57 Å². The lowest BCUT2D eigenvalue weighted by Gasteiger charge is -2.12. The van der Waals surface area contributed by atoms with Crippen molar-refractivity contribution < 1.29 is 9.90 Å². The third-order valence-corrected chi connectivity index (χ3v) is 5.60. The summed E-state index contributed by atoms with van der Waals surface area (Å²) in [6.45, 7) is 2.39. The molecule has 136 valence electrons. The molecule has 0 aliphatic carbocycles. The number of fused-ring (bicyclic) bond motifs is 1. The SMILES string of the molecule is CCc1cc2c(=O)n(CCCC(=O)O)c(Cc3ccc(Cl)cc3)nc2s1. The predicted octanol–water partition coefficient (Wildman–Crippen LogP) is 4.13. The van der Waals surface area contributed by atoms with E-state index in [1.165, 1.54) is 11.3 Å². The first-order valence-electron chi connectivity index (χ1n) is 8.46. The van der Waals surface area contributed by atoms with Crippen molar-refractivity contribution in [2.45, 2.75) is 39.2 Å². The molecule has 3 rings (SSSR count). The Balaban J connectivity index is 2.03. The van der Waals surface area contributed by atoms with E-state index >= 15 is 0 Å². The molecule has 1 N–H and O–H groups in total. The summed E-state index contributed by atoms with van der Waals surface area (Å²) in [5, 5.41) is 10.2. The number of nitrogens with zero attached hydrogens (tertiary/aromatic N) is 2. The van der Waals surface area contributed by atoms with Gasteiger partial charge in [-0.25, -0.2) is 4.98 Å². The largest absolute Gasteiger partial charge is 0.481 e. The highest BCUT2D eigenvalue weighted by molar-refractivity contribution is 7.18. The molecule has 0 saturated carbocycles. The van der Waals surface area contributed by atoms with E-state index in [1.807, 2.05) is 37.3 Å². The van der Waals surface area contributed by atoms with Crippen LogP contribution in [-0.4, -0.2) is 20.6 Å². The molecule has 0 bridgehead atoms. The van der Waals surface area contributed by atoms with Gasteiger partial charge in [-0.2, -0.15) is 0 Å². The number of hydrogen-bond acceptors (Lipinski definition) is 4. The summed E-state index contributed by atoms with van der Waals surface area (Å²) in [5.74, 6) is -0.213. The quantitative estimate of drug-likeness (QED) is 0.658. The first-order valence-corrected chi connectivity index (χ1v) is 9.65. The van der Waals surface area contributed by atoms with Gasteiger partial charge < -0.3 is 5.11 Å². The number of carboxylic acid groups (broad SMARTS) is 1. The second kappa shape index (κ2) is 8.01. The Bertz CT molecular complexity index is 992. The number of aromatic nitrogens is 2. The molecule has 5 nitrogen and oxygen atoms in total. The van der Waals surface area contributed by atoms with Crippen LogP contribution < -0.4 is 5.56 Å². The van der Waals surface area contributed by atoms with Crippen LogP contribution in [0, 0.1) is 0 Å². The molecule has 0 saturated heterocycles. The van der Waals surface area contributed by atoms with Gasteiger partial charge in [0.1, 0.15) is 10.7 Å². The Hall–Kier alpha value is -2.18. The number of hydrogen-bond donors (Lipinski definition) is 1. The first kappa shape index (κ1) is 18.6. The molecule has 0 fully saturated rings. The van der Waals surface area contributed by atoms with Crippen LogP contribution >= 0.6 is 22.9 Å². The topological polar surface area (TPSA) is 72.2 Å². The van der Waals surface area contributed by atoms with Gasteiger partial charge in [0.2, 0.25) is 0 Å². The van der Waals surface area contributed by atoms with E-state index in [2.05, 4.69) is 0 Å². The number of benzene rings is 1. The second-order valence-electron chi connectivity index (χ2n) is 6.07. The van der Waals surface area contributed by atoms with Crippen molar-refractivity contribution in [3.8, 4) is 0 Å². The molecular weight excluding hydrogens is 372 g/mol. The van der Waals surface area contributed by atoms with Gasteiger partial charge in [-0.1, -0.05) is 30.7 Å². The van der Waals surface area contributed by atoms with Crippen molar-refractivity contribution in [2.75, 3.05) is 0 Å². The van der Waals surface area contributed by atoms with Crippen LogP contribution in [0.25, 0.3) is 10.2 Å². The van der Waals surface area contributed by atoms with E-state index in [4.69, 9.17) is 21.7 Å². The summed E-state index contributed by atoms with van der Waals surface area (Å²) in [5.41, 5.74) is 0.903. The summed E-state index contributed by atoms with van der Waals surface area (Å²) in [6, 6.07) is 9.33. The standard InChI is InChI=1S/C19H19ClN2O3S/c1-2-14-11-15-18(26-14)21-16(10-12-5-7-13(20)8-6-12)22(19(15)25)9-3-4-17(23)24/h5-8,11H,2-4,9-10H2,1H3,(H,23,24). The monoisotopic (exact) mass is 390 g/mol. The van der Waals surface area contributed by atoms with Crippen LogP contribution in [0.15, 0.2) is 35.1 Å².